The number of Topliss-reactive ketones (excluding diaryl/α,β-unsaturated/α-hetero) is 1. The van der Waals surface area contributed by atoms with E-state index in [0.29, 0.717) is 16.7 Å². The van der Waals surface area contributed by atoms with Crippen LogP contribution >= 0.6 is 0 Å². The normalized spacial score (nSPS) is 11.5. The number of fused-ring (bicyclic) bond motifs is 1. The van der Waals surface area contributed by atoms with Crippen LogP contribution in [0.1, 0.15) is 52.8 Å². The zero-order valence-electron chi connectivity index (χ0n) is 15.5. The molecule has 0 saturated heterocycles. The molecule has 3 aromatic rings. The Morgan fingerprint density at radius 1 is 1.00 bits per heavy atom. The summed E-state index contributed by atoms with van der Waals surface area (Å²) in [5, 5.41) is 0.864. The van der Waals surface area contributed by atoms with Crippen molar-refractivity contribution in [2.24, 2.45) is 0 Å². The number of carbonyl (C=O) groups excluding carboxylic acids is 2. The van der Waals surface area contributed by atoms with E-state index in [4.69, 9.17) is 9.15 Å². The third-order valence-corrected chi connectivity index (χ3v) is 4.44. The van der Waals surface area contributed by atoms with E-state index in [-0.39, 0.29) is 23.6 Å². The summed E-state index contributed by atoms with van der Waals surface area (Å²) in [5.74, 6) is -0.729. The third kappa shape index (κ3) is 3.54. The van der Waals surface area contributed by atoms with Gasteiger partial charge in [-0.2, -0.15) is 0 Å². The van der Waals surface area contributed by atoms with Crippen LogP contribution < -0.4 is 0 Å². The molecule has 0 aliphatic heterocycles. The molecular formula is C22H22O4. The lowest BCUT2D eigenvalue weighted by Crippen LogP contribution is -2.15. The largest absolute Gasteiger partial charge is 0.451 e. The highest BCUT2D eigenvalue weighted by Crippen LogP contribution is 2.25. The molecule has 0 aliphatic carbocycles. The average molecular weight is 350 g/mol. The summed E-state index contributed by atoms with van der Waals surface area (Å²) in [4.78, 5) is 24.6. The number of benzene rings is 2. The summed E-state index contributed by atoms with van der Waals surface area (Å²) in [6.07, 6.45) is 0. The number of furan rings is 1. The highest BCUT2D eigenvalue weighted by atomic mass is 16.5. The Kier molecular flexibility index (Phi) is 4.68. The highest BCUT2D eigenvalue weighted by Gasteiger charge is 2.20. The fourth-order valence-corrected chi connectivity index (χ4v) is 2.81. The van der Waals surface area contributed by atoms with Crippen LogP contribution in [0.25, 0.3) is 11.0 Å². The molecule has 0 unspecified atom stereocenters. The zero-order chi connectivity index (χ0) is 18.9. The van der Waals surface area contributed by atoms with Gasteiger partial charge in [-0.15, -0.1) is 0 Å². The van der Waals surface area contributed by atoms with Gasteiger partial charge in [-0.25, -0.2) is 4.79 Å². The molecule has 4 nitrogen and oxygen atoms in total. The molecule has 4 heteroatoms. The summed E-state index contributed by atoms with van der Waals surface area (Å²) in [6.45, 7) is 7.82. The third-order valence-electron chi connectivity index (χ3n) is 4.44. The van der Waals surface area contributed by atoms with Gasteiger partial charge in [-0.1, -0.05) is 63.2 Å². The lowest BCUT2D eigenvalue weighted by atomic mass is 9.86. The van der Waals surface area contributed by atoms with E-state index in [1.165, 1.54) is 0 Å². The Morgan fingerprint density at radius 2 is 1.65 bits per heavy atom. The van der Waals surface area contributed by atoms with Gasteiger partial charge in [-0.05, 0) is 24.0 Å². The summed E-state index contributed by atoms with van der Waals surface area (Å²) < 4.78 is 10.7. The van der Waals surface area contributed by atoms with Crippen LogP contribution in [0.2, 0.25) is 0 Å². The molecule has 0 atom stereocenters. The number of ether oxygens (including phenoxy) is 1. The topological polar surface area (TPSA) is 56.5 Å². The molecule has 0 saturated carbocycles. The lowest BCUT2D eigenvalue weighted by Gasteiger charge is -2.18. The molecule has 2 aromatic carbocycles. The number of hydrogen-bond acceptors (Lipinski definition) is 4. The fourth-order valence-electron chi connectivity index (χ4n) is 2.81. The standard InChI is InChI=1S/C22H22O4/c1-14-17-7-5-6-8-19(17)26-20(14)21(24)25-13-18(23)15-9-11-16(12-10-15)22(2,3)4/h5-12H,13H2,1-4H3. The Labute approximate surface area is 152 Å². The second-order valence-electron chi connectivity index (χ2n) is 7.38. The monoisotopic (exact) mass is 350 g/mol. The Morgan fingerprint density at radius 3 is 2.27 bits per heavy atom. The van der Waals surface area contributed by atoms with E-state index in [1.807, 2.05) is 30.3 Å². The molecule has 1 aromatic heterocycles. The second kappa shape index (κ2) is 6.79. The minimum Gasteiger partial charge on any atom is -0.451 e. The predicted molar refractivity (Wildman–Crippen MR) is 101 cm³/mol. The van der Waals surface area contributed by atoms with E-state index in [0.717, 1.165) is 10.9 Å². The van der Waals surface area contributed by atoms with Gasteiger partial charge in [0, 0.05) is 16.5 Å². The average Bonchev–Trinajstić information content (AvgIpc) is 2.96. The molecule has 0 amide bonds. The number of aryl methyl sites for hydroxylation is 1. The molecule has 134 valence electrons. The number of ketones is 1. The van der Waals surface area contributed by atoms with Gasteiger partial charge in [-0.3, -0.25) is 4.79 Å². The van der Waals surface area contributed by atoms with Gasteiger partial charge in [0.05, 0.1) is 0 Å². The maximum Gasteiger partial charge on any atom is 0.375 e. The number of hydrogen-bond donors (Lipinski definition) is 0. The molecule has 3 rings (SSSR count). The van der Waals surface area contributed by atoms with E-state index < -0.39 is 5.97 Å². The molecule has 0 aliphatic rings. The van der Waals surface area contributed by atoms with E-state index >= 15 is 0 Å². The van der Waals surface area contributed by atoms with Crippen LogP contribution in [-0.2, 0) is 10.2 Å². The van der Waals surface area contributed by atoms with Gasteiger partial charge in [0.2, 0.25) is 5.76 Å². The smallest absolute Gasteiger partial charge is 0.375 e. The van der Waals surface area contributed by atoms with Gasteiger partial charge in [0.25, 0.3) is 0 Å². The van der Waals surface area contributed by atoms with Crippen LogP contribution in [-0.4, -0.2) is 18.4 Å². The molecule has 0 N–H and O–H groups in total. The van der Waals surface area contributed by atoms with Crippen molar-refractivity contribution in [1.82, 2.24) is 0 Å². The van der Waals surface area contributed by atoms with Gasteiger partial charge >= 0.3 is 5.97 Å². The van der Waals surface area contributed by atoms with Gasteiger partial charge < -0.3 is 9.15 Å². The van der Waals surface area contributed by atoms with Crippen LogP contribution in [0.5, 0.6) is 0 Å². The maximum absolute atomic E-state index is 12.3. The Hall–Kier alpha value is -2.88. The first-order valence-electron chi connectivity index (χ1n) is 8.56. The van der Waals surface area contributed by atoms with Crippen molar-refractivity contribution >= 4 is 22.7 Å². The van der Waals surface area contributed by atoms with Crippen LogP contribution in [0.15, 0.2) is 52.9 Å². The van der Waals surface area contributed by atoms with E-state index in [1.54, 1.807) is 25.1 Å². The van der Waals surface area contributed by atoms with Crippen LogP contribution in [0.4, 0.5) is 0 Å². The number of para-hydroxylation sites is 1. The number of rotatable bonds is 4. The van der Waals surface area contributed by atoms with Crippen molar-refractivity contribution in [3.63, 3.8) is 0 Å². The first-order chi connectivity index (χ1) is 12.3. The highest BCUT2D eigenvalue weighted by molar-refractivity contribution is 6.00. The second-order valence-corrected chi connectivity index (χ2v) is 7.38. The van der Waals surface area contributed by atoms with Crippen molar-refractivity contribution < 1.29 is 18.7 Å². The van der Waals surface area contributed by atoms with Crippen molar-refractivity contribution in [2.45, 2.75) is 33.1 Å². The molecule has 0 bridgehead atoms. The van der Waals surface area contributed by atoms with Gasteiger partial charge in [0.15, 0.2) is 12.4 Å². The molecule has 0 fully saturated rings. The Balaban J connectivity index is 1.69. The van der Waals surface area contributed by atoms with E-state index in [2.05, 4.69) is 20.8 Å². The molecule has 1 heterocycles. The summed E-state index contributed by atoms with van der Waals surface area (Å²) in [5.41, 5.74) is 3.03. The first kappa shape index (κ1) is 17.9. The van der Waals surface area contributed by atoms with Gasteiger partial charge in [0.1, 0.15) is 5.58 Å². The minimum absolute atomic E-state index is 0.0207. The minimum atomic E-state index is -0.627. The molecule has 0 spiro atoms. The summed E-state index contributed by atoms with van der Waals surface area (Å²) >= 11 is 0. The maximum atomic E-state index is 12.3. The SMILES string of the molecule is Cc1c(C(=O)OCC(=O)c2ccc(C(C)(C)C)cc2)oc2ccccc12. The molecule has 0 radical (unpaired) electrons. The number of esters is 1. The van der Waals surface area contributed by atoms with Crippen LogP contribution in [0, 0.1) is 6.92 Å². The van der Waals surface area contributed by atoms with Crippen LogP contribution in [0.3, 0.4) is 0 Å². The summed E-state index contributed by atoms with van der Waals surface area (Å²) in [6, 6.07) is 14.8. The fraction of sp³-hybridized carbons (Fsp3) is 0.273. The first-order valence-corrected chi connectivity index (χ1v) is 8.56. The quantitative estimate of drug-likeness (QED) is 0.486. The van der Waals surface area contributed by atoms with Crippen molar-refractivity contribution in [3.05, 3.63) is 71.0 Å². The Bertz CT molecular complexity index is 956. The molecule has 26 heavy (non-hydrogen) atoms. The lowest BCUT2D eigenvalue weighted by molar-refractivity contribution is 0.0445. The van der Waals surface area contributed by atoms with Crippen molar-refractivity contribution in [1.29, 1.82) is 0 Å². The van der Waals surface area contributed by atoms with Crippen molar-refractivity contribution in [2.75, 3.05) is 6.61 Å². The van der Waals surface area contributed by atoms with Crippen molar-refractivity contribution in [3.8, 4) is 0 Å². The van der Waals surface area contributed by atoms with E-state index in [9.17, 15) is 9.59 Å². The summed E-state index contributed by atoms with van der Waals surface area (Å²) in [7, 11) is 0. The predicted octanol–water partition coefficient (Wildman–Crippen LogP) is 5.08. The zero-order valence-corrected chi connectivity index (χ0v) is 15.5. The molecular weight excluding hydrogens is 328 g/mol. The number of carbonyl (C=O) groups is 2.